The summed E-state index contributed by atoms with van der Waals surface area (Å²) in [6, 6.07) is 5.17. The summed E-state index contributed by atoms with van der Waals surface area (Å²) in [6.45, 7) is 4.81. The second kappa shape index (κ2) is 5.17. The highest BCUT2D eigenvalue weighted by atomic mass is 19.1. The number of hydrogen-bond acceptors (Lipinski definition) is 4. The normalized spacial score (nSPS) is 23.2. The van der Waals surface area contributed by atoms with Gasteiger partial charge in [-0.3, -0.25) is 0 Å². The topological polar surface area (TPSA) is 34.1 Å². The van der Waals surface area contributed by atoms with Crippen LogP contribution in [0.5, 0.6) is 0 Å². The highest BCUT2D eigenvalue weighted by Crippen LogP contribution is 2.36. The molecule has 2 aliphatic heterocycles. The molecule has 102 valence electrons. The Hall–Kier alpha value is -1.62. The Labute approximate surface area is 111 Å². The molecule has 1 fully saturated rings. The fourth-order valence-electron chi connectivity index (χ4n) is 2.58. The number of oxime groups is 1. The first-order valence-corrected chi connectivity index (χ1v) is 6.56. The van der Waals surface area contributed by atoms with Gasteiger partial charge in [-0.25, -0.2) is 4.39 Å². The fraction of sp³-hybridized carbons (Fsp3) is 0.500. The molecule has 2 aliphatic rings. The molecule has 0 N–H and O–H groups in total. The van der Waals surface area contributed by atoms with Crippen LogP contribution in [-0.4, -0.2) is 32.0 Å². The molecule has 3 rings (SSSR count). The summed E-state index contributed by atoms with van der Waals surface area (Å²) in [6.07, 6.45) is 0.345. The lowest BCUT2D eigenvalue weighted by atomic mass is 10.0. The molecule has 0 unspecified atom stereocenters. The molecular weight excluding hydrogens is 247 g/mol. The van der Waals surface area contributed by atoms with Crippen molar-refractivity contribution in [2.45, 2.75) is 19.4 Å². The lowest BCUT2D eigenvalue weighted by Crippen LogP contribution is -2.37. The summed E-state index contributed by atoms with van der Waals surface area (Å²) in [5, 5.41) is 3.93. The number of morpholine rings is 1. The van der Waals surface area contributed by atoms with Gasteiger partial charge in [-0.05, 0) is 19.1 Å². The van der Waals surface area contributed by atoms with E-state index in [1.807, 2.05) is 13.0 Å². The molecule has 4 nitrogen and oxygen atoms in total. The van der Waals surface area contributed by atoms with Crippen molar-refractivity contribution >= 4 is 11.4 Å². The number of halogens is 1. The summed E-state index contributed by atoms with van der Waals surface area (Å²) in [4.78, 5) is 7.51. The number of benzene rings is 1. The van der Waals surface area contributed by atoms with E-state index < -0.39 is 0 Å². The van der Waals surface area contributed by atoms with Gasteiger partial charge in [0.15, 0.2) is 6.10 Å². The minimum atomic E-state index is -0.306. The molecule has 1 saturated heterocycles. The monoisotopic (exact) mass is 264 g/mol. The van der Waals surface area contributed by atoms with Gasteiger partial charge in [-0.2, -0.15) is 0 Å². The van der Waals surface area contributed by atoms with Crippen molar-refractivity contribution in [2.75, 3.05) is 31.2 Å². The van der Waals surface area contributed by atoms with Crippen LogP contribution in [-0.2, 0) is 9.57 Å². The van der Waals surface area contributed by atoms with Gasteiger partial charge in [0, 0.05) is 25.2 Å². The van der Waals surface area contributed by atoms with Gasteiger partial charge in [0.25, 0.3) is 0 Å². The van der Waals surface area contributed by atoms with E-state index in [1.54, 1.807) is 6.07 Å². The SMILES string of the molecule is CC1=NO[C@@H](c2c(F)cccc2N2CCOCC2)C1. The molecule has 0 bridgehead atoms. The van der Waals surface area contributed by atoms with E-state index in [4.69, 9.17) is 9.57 Å². The second-order valence-electron chi connectivity index (χ2n) is 4.90. The molecule has 1 aromatic carbocycles. The highest BCUT2D eigenvalue weighted by molar-refractivity contribution is 5.83. The number of rotatable bonds is 2. The fourth-order valence-corrected chi connectivity index (χ4v) is 2.58. The van der Waals surface area contributed by atoms with E-state index in [1.165, 1.54) is 6.07 Å². The predicted octanol–water partition coefficient (Wildman–Crippen LogP) is 2.50. The maximum Gasteiger partial charge on any atom is 0.162 e. The maximum atomic E-state index is 14.2. The molecule has 0 spiro atoms. The number of ether oxygens (including phenoxy) is 1. The Morgan fingerprint density at radius 3 is 2.79 bits per heavy atom. The Kier molecular flexibility index (Phi) is 3.38. The van der Waals surface area contributed by atoms with Crippen LogP contribution < -0.4 is 4.90 Å². The smallest absolute Gasteiger partial charge is 0.162 e. The first kappa shape index (κ1) is 12.4. The maximum absolute atomic E-state index is 14.2. The number of nitrogens with zero attached hydrogens (tertiary/aromatic N) is 2. The van der Waals surface area contributed by atoms with Gasteiger partial charge in [-0.1, -0.05) is 11.2 Å². The van der Waals surface area contributed by atoms with Gasteiger partial charge >= 0.3 is 0 Å². The predicted molar refractivity (Wildman–Crippen MR) is 71.0 cm³/mol. The molecule has 1 atom stereocenters. The lowest BCUT2D eigenvalue weighted by Gasteiger charge is -2.31. The molecule has 0 radical (unpaired) electrons. The standard InChI is InChI=1S/C14H17FN2O2/c1-10-9-13(19-16-10)14-11(15)3-2-4-12(14)17-5-7-18-8-6-17/h2-4,13H,5-9H2,1H3/t13-/m1/s1. The van der Waals surface area contributed by atoms with Crippen LogP contribution in [0.15, 0.2) is 23.4 Å². The van der Waals surface area contributed by atoms with Crippen LogP contribution in [0.4, 0.5) is 10.1 Å². The molecule has 2 heterocycles. The second-order valence-corrected chi connectivity index (χ2v) is 4.90. The van der Waals surface area contributed by atoms with Crippen LogP contribution in [0.1, 0.15) is 25.0 Å². The van der Waals surface area contributed by atoms with Crippen molar-refractivity contribution in [3.8, 4) is 0 Å². The van der Waals surface area contributed by atoms with Crippen molar-refractivity contribution in [3.05, 3.63) is 29.6 Å². The summed E-state index contributed by atoms with van der Waals surface area (Å²) < 4.78 is 19.5. The highest BCUT2D eigenvalue weighted by Gasteiger charge is 2.28. The zero-order chi connectivity index (χ0) is 13.2. The molecule has 19 heavy (non-hydrogen) atoms. The summed E-state index contributed by atoms with van der Waals surface area (Å²) in [5.74, 6) is -0.223. The Morgan fingerprint density at radius 1 is 1.32 bits per heavy atom. The Balaban J connectivity index is 1.93. The van der Waals surface area contributed by atoms with Crippen molar-refractivity contribution in [1.29, 1.82) is 0 Å². The van der Waals surface area contributed by atoms with Crippen LogP contribution in [0.2, 0.25) is 0 Å². The molecule has 5 heteroatoms. The van der Waals surface area contributed by atoms with E-state index >= 15 is 0 Å². The first-order valence-electron chi connectivity index (χ1n) is 6.56. The Bertz CT molecular complexity index is 498. The molecule has 0 aliphatic carbocycles. The third-order valence-electron chi connectivity index (χ3n) is 3.52. The zero-order valence-electron chi connectivity index (χ0n) is 10.9. The molecular formula is C14H17FN2O2. The minimum absolute atomic E-state index is 0.223. The Morgan fingerprint density at radius 2 is 2.11 bits per heavy atom. The molecule has 0 amide bonds. The summed E-state index contributed by atoms with van der Waals surface area (Å²) >= 11 is 0. The minimum Gasteiger partial charge on any atom is -0.387 e. The van der Waals surface area contributed by atoms with Crippen LogP contribution in [0, 0.1) is 5.82 Å². The lowest BCUT2D eigenvalue weighted by molar-refractivity contribution is 0.0825. The zero-order valence-corrected chi connectivity index (χ0v) is 10.9. The van der Waals surface area contributed by atoms with Gasteiger partial charge in [0.2, 0.25) is 0 Å². The summed E-state index contributed by atoms with van der Waals surface area (Å²) in [7, 11) is 0. The molecule has 0 aromatic heterocycles. The van der Waals surface area contributed by atoms with Crippen molar-refractivity contribution in [1.82, 2.24) is 0 Å². The quantitative estimate of drug-likeness (QED) is 0.823. The summed E-state index contributed by atoms with van der Waals surface area (Å²) in [5.41, 5.74) is 2.42. The van der Waals surface area contributed by atoms with Crippen LogP contribution in [0.25, 0.3) is 0 Å². The van der Waals surface area contributed by atoms with Crippen molar-refractivity contribution in [2.24, 2.45) is 5.16 Å². The molecule has 0 saturated carbocycles. The molecule has 1 aromatic rings. The first-order chi connectivity index (χ1) is 9.25. The van der Waals surface area contributed by atoms with Gasteiger partial charge < -0.3 is 14.5 Å². The number of hydrogen-bond donors (Lipinski definition) is 0. The van der Waals surface area contributed by atoms with Gasteiger partial charge in [0.05, 0.1) is 24.5 Å². The van der Waals surface area contributed by atoms with Crippen molar-refractivity contribution < 1.29 is 14.0 Å². The largest absolute Gasteiger partial charge is 0.387 e. The van der Waals surface area contributed by atoms with Crippen LogP contribution in [0.3, 0.4) is 0 Å². The van der Waals surface area contributed by atoms with E-state index in [0.717, 1.165) is 24.5 Å². The number of anilines is 1. The average molecular weight is 264 g/mol. The van der Waals surface area contributed by atoms with Gasteiger partial charge in [-0.15, -0.1) is 0 Å². The van der Waals surface area contributed by atoms with E-state index in [0.29, 0.717) is 25.2 Å². The van der Waals surface area contributed by atoms with Crippen molar-refractivity contribution in [3.63, 3.8) is 0 Å². The van der Waals surface area contributed by atoms with E-state index in [2.05, 4.69) is 10.1 Å². The van der Waals surface area contributed by atoms with E-state index in [9.17, 15) is 4.39 Å². The van der Waals surface area contributed by atoms with E-state index in [-0.39, 0.29) is 11.9 Å². The van der Waals surface area contributed by atoms with Gasteiger partial charge in [0.1, 0.15) is 5.82 Å². The van der Waals surface area contributed by atoms with Crippen LogP contribution >= 0.6 is 0 Å². The third-order valence-corrected chi connectivity index (χ3v) is 3.52. The average Bonchev–Trinajstić information content (AvgIpc) is 2.86. The third kappa shape index (κ3) is 2.42.